The van der Waals surface area contributed by atoms with Crippen LogP contribution in [0, 0.1) is 11.3 Å². The molecule has 0 radical (unpaired) electrons. The van der Waals surface area contributed by atoms with Crippen molar-refractivity contribution in [3.8, 4) is 0 Å². The minimum absolute atomic E-state index is 0.0190. The second kappa shape index (κ2) is 5.44. The molecule has 5 heteroatoms. The summed E-state index contributed by atoms with van der Waals surface area (Å²) in [4.78, 5) is 12.1. The molecule has 0 aliphatic heterocycles. The molecule has 5 nitrogen and oxygen atoms in total. The quantitative estimate of drug-likeness (QED) is 0.513. The molecule has 21 heavy (non-hydrogen) atoms. The van der Waals surface area contributed by atoms with Gasteiger partial charge in [-0.25, -0.2) is 4.79 Å². The first kappa shape index (κ1) is 13.4. The van der Waals surface area contributed by atoms with E-state index >= 15 is 0 Å². The molecule has 2 aromatic carbocycles. The van der Waals surface area contributed by atoms with Gasteiger partial charge >= 0.3 is 6.03 Å². The van der Waals surface area contributed by atoms with Crippen molar-refractivity contribution in [3.63, 3.8) is 0 Å². The Morgan fingerprint density at radius 2 is 1.90 bits per heavy atom. The smallest absolute Gasteiger partial charge is 0.319 e. The standard InChI is InChI=1S/C16H18N4O/c17-15(18)14(11-8-9-11)20-16(21)19-13-7-3-5-10-4-1-2-6-12(10)13/h1-7,11,14H,8-9H2,(H3,17,18)(H2,19,20,21). The average molecular weight is 282 g/mol. The lowest BCUT2D eigenvalue weighted by Crippen LogP contribution is -2.47. The maximum Gasteiger partial charge on any atom is 0.319 e. The maximum absolute atomic E-state index is 12.1. The Kier molecular flexibility index (Phi) is 3.48. The Morgan fingerprint density at radius 3 is 2.62 bits per heavy atom. The van der Waals surface area contributed by atoms with Gasteiger partial charge in [0.25, 0.3) is 0 Å². The predicted molar refractivity (Wildman–Crippen MR) is 84.5 cm³/mol. The lowest BCUT2D eigenvalue weighted by Gasteiger charge is -2.17. The van der Waals surface area contributed by atoms with E-state index in [1.165, 1.54) is 0 Å². The van der Waals surface area contributed by atoms with Crippen LogP contribution in [0.1, 0.15) is 12.8 Å². The third-order valence-electron chi connectivity index (χ3n) is 3.75. The summed E-state index contributed by atoms with van der Waals surface area (Å²) >= 11 is 0. The fraction of sp³-hybridized carbons (Fsp3) is 0.250. The van der Waals surface area contributed by atoms with Gasteiger partial charge in [0.2, 0.25) is 0 Å². The second-order valence-corrected chi connectivity index (χ2v) is 5.40. The third-order valence-corrected chi connectivity index (χ3v) is 3.75. The molecule has 1 aliphatic carbocycles. The SMILES string of the molecule is N=C(N)C(NC(=O)Nc1cccc2ccccc12)C1CC1. The highest BCUT2D eigenvalue weighted by molar-refractivity contribution is 6.02. The zero-order valence-corrected chi connectivity index (χ0v) is 11.6. The van der Waals surface area contributed by atoms with Gasteiger partial charge in [-0.15, -0.1) is 0 Å². The molecule has 0 heterocycles. The van der Waals surface area contributed by atoms with E-state index in [0.717, 1.165) is 29.3 Å². The predicted octanol–water partition coefficient (Wildman–Crippen LogP) is 2.68. The van der Waals surface area contributed by atoms with Crippen LogP contribution < -0.4 is 16.4 Å². The van der Waals surface area contributed by atoms with E-state index in [4.69, 9.17) is 11.1 Å². The summed E-state index contributed by atoms with van der Waals surface area (Å²) in [6.07, 6.45) is 2.03. The first-order valence-electron chi connectivity index (χ1n) is 7.04. The van der Waals surface area contributed by atoms with Crippen LogP contribution in [0.25, 0.3) is 10.8 Å². The van der Waals surface area contributed by atoms with Crippen LogP contribution in [0.3, 0.4) is 0 Å². The van der Waals surface area contributed by atoms with Gasteiger partial charge < -0.3 is 16.4 Å². The molecule has 2 aromatic rings. The van der Waals surface area contributed by atoms with Gasteiger partial charge in [-0.3, -0.25) is 5.41 Å². The van der Waals surface area contributed by atoms with Crippen LogP contribution in [0.2, 0.25) is 0 Å². The van der Waals surface area contributed by atoms with E-state index in [1.807, 2.05) is 42.5 Å². The zero-order chi connectivity index (χ0) is 14.8. The van der Waals surface area contributed by atoms with Crippen molar-refractivity contribution >= 4 is 28.3 Å². The lowest BCUT2D eigenvalue weighted by molar-refractivity contribution is 0.250. The van der Waals surface area contributed by atoms with Gasteiger partial charge in [-0.2, -0.15) is 0 Å². The Balaban J connectivity index is 1.75. The fourth-order valence-electron chi connectivity index (χ4n) is 2.51. The van der Waals surface area contributed by atoms with E-state index in [9.17, 15) is 4.79 Å². The van der Waals surface area contributed by atoms with Gasteiger partial charge in [0.05, 0.1) is 11.7 Å². The molecule has 0 aromatic heterocycles. The number of fused-ring (bicyclic) bond motifs is 1. The zero-order valence-electron chi connectivity index (χ0n) is 11.6. The highest BCUT2D eigenvalue weighted by Gasteiger charge is 2.34. The molecule has 0 spiro atoms. The first-order chi connectivity index (χ1) is 10.1. The number of benzene rings is 2. The van der Waals surface area contributed by atoms with Crippen molar-refractivity contribution < 1.29 is 4.79 Å². The Morgan fingerprint density at radius 1 is 1.19 bits per heavy atom. The summed E-state index contributed by atoms with van der Waals surface area (Å²) in [6.45, 7) is 0. The number of amides is 2. The van der Waals surface area contributed by atoms with Gasteiger partial charge in [0.15, 0.2) is 0 Å². The molecule has 0 saturated heterocycles. The Bertz CT molecular complexity index is 688. The van der Waals surface area contributed by atoms with E-state index in [1.54, 1.807) is 0 Å². The van der Waals surface area contributed by atoms with Crippen molar-refractivity contribution in [3.05, 3.63) is 42.5 Å². The van der Waals surface area contributed by atoms with Crippen LogP contribution in [0.15, 0.2) is 42.5 Å². The minimum Gasteiger partial charge on any atom is -0.386 e. The van der Waals surface area contributed by atoms with Crippen LogP contribution >= 0.6 is 0 Å². The van der Waals surface area contributed by atoms with Crippen molar-refractivity contribution in [2.45, 2.75) is 18.9 Å². The number of hydrogen-bond acceptors (Lipinski definition) is 2. The highest BCUT2D eigenvalue weighted by atomic mass is 16.2. The fourth-order valence-corrected chi connectivity index (χ4v) is 2.51. The number of carbonyl (C=O) groups is 1. The Labute approximate surface area is 123 Å². The van der Waals surface area contributed by atoms with Gasteiger partial charge in [-0.05, 0) is 30.2 Å². The largest absolute Gasteiger partial charge is 0.386 e. The number of urea groups is 1. The summed E-state index contributed by atoms with van der Waals surface area (Å²) in [7, 11) is 0. The van der Waals surface area contributed by atoms with Crippen LogP contribution in [0.5, 0.6) is 0 Å². The number of anilines is 1. The van der Waals surface area contributed by atoms with E-state index in [0.29, 0.717) is 5.92 Å². The second-order valence-electron chi connectivity index (χ2n) is 5.40. The van der Waals surface area contributed by atoms with E-state index in [2.05, 4.69) is 10.6 Å². The van der Waals surface area contributed by atoms with Gasteiger partial charge in [0.1, 0.15) is 5.84 Å². The molecular weight excluding hydrogens is 264 g/mol. The number of nitrogens with one attached hydrogen (secondary N) is 3. The molecule has 2 amide bonds. The maximum atomic E-state index is 12.1. The minimum atomic E-state index is -0.361. The molecule has 3 rings (SSSR count). The van der Waals surface area contributed by atoms with Crippen molar-refractivity contribution in [2.75, 3.05) is 5.32 Å². The van der Waals surface area contributed by atoms with Crippen LogP contribution in [-0.2, 0) is 0 Å². The summed E-state index contributed by atoms with van der Waals surface area (Å²) in [5.41, 5.74) is 6.30. The highest BCUT2D eigenvalue weighted by Crippen LogP contribution is 2.32. The van der Waals surface area contributed by atoms with Crippen molar-refractivity contribution in [1.82, 2.24) is 5.32 Å². The van der Waals surface area contributed by atoms with Crippen LogP contribution in [-0.4, -0.2) is 17.9 Å². The average Bonchev–Trinajstić information content (AvgIpc) is 3.29. The number of rotatable bonds is 4. The van der Waals surface area contributed by atoms with E-state index in [-0.39, 0.29) is 17.9 Å². The topological polar surface area (TPSA) is 91.0 Å². The molecule has 5 N–H and O–H groups in total. The number of carbonyl (C=O) groups excluding carboxylic acids is 1. The number of amidine groups is 1. The molecule has 1 fully saturated rings. The molecule has 0 bridgehead atoms. The summed E-state index contributed by atoms with van der Waals surface area (Å²) in [5, 5.41) is 15.3. The molecule has 108 valence electrons. The van der Waals surface area contributed by atoms with E-state index < -0.39 is 0 Å². The van der Waals surface area contributed by atoms with Crippen molar-refractivity contribution in [2.24, 2.45) is 11.7 Å². The summed E-state index contributed by atoms with van der Waals surface area (Å²) < 4.78 is 0. The number of hydrogen-bond donors (Lipinski definition) is 4. The Hall–Kier alpha value is -2.56. The normalized spacial score (nSPS) is 15.4. The molecule has 1 aliphatic rings. The van der Waals surface area contributed by atoms with Crippen molar-refractivity contribution in [1.29, 1.82) is 5.41 Å². The summed E-state index contributed by atoms with van der Waals surface area (Å²) in [6, 6.07) is 13.0. The number of nitrogens with two attached hydrogens (primary N) is 1. The van der Waals surface area contributed by atoms with Gasteiger partial charge in [0, 0.05) is 5.39 Å². The third kappa shape index (κ3) is 2.97. The summed E-state index contributed by atoms with van der Waals surface area (Å²) in [5.74, 6) is 0.325. The monoisotopic (exact) mass is 282 g/mol. The first-order valence-corrected chi connectivity index (χ1v) is 7.04. The lowest BCUT2D eigenvalue weighted by atomic mass is 10.1. The molecule has 1 atom stereocenters. The molecule has 1 saturated carbocycles. The van der Waals surface area contributed by atoms with Crippen LogP contribution in [0.4, 0.5) is 10.5 Å². The molecule has 1 unspecified atom stereocenters. The van der Waals surface area contributed by atoms with Gasteiger partial charge in [-0.1, -0.05) is 36.4 Å². The molecular formula is C16H18N4O.